The van der Waals surface area contributed by atoms with Crippen molar-refractivity contribution >= 4 is 15.9 Å². The first-order chi connectivity index (χ1) is 9.86. The van der Waals surface area contributed by atoms with Crippen LogP contribution in [0.3, 0.4) is 0 Å². The predicted octanol–water partition coefficient (Wildman–Crippen LogP) is 4.03. The van der Waals surface area contributed by atoms with Crippen molar-refractivity contribution in [1.82, 2.24) is 10.1 Å². The number of aromatic nitrogens is 2. The lowest BCUT2D eigenvalue weighted by Gasteiger charge is -2.10. The van der Waals surface area contributed by atoms with Crippen LogP contribution in [0, 0.1) is 19.8 Å². The van der Waals surface area contributed by atoms with Crippen molar-refractivity contribution in [3.63, 3.8) is 0 Å². The average molecular weight is 352 g/mol. The quantitative estimate of drug-likeness (QED) is 0.882. The maximum absolute atomic E-state index is 6.09. The van der Waals surface area contributed by atoms with Crippen molar-refractivity contribution in [3.8, 4) is 11.4 Å². The van der Waals surface area contributed by atoms with Gasteiger partial charge in [0.15, 0.2) is 0 Å². The molecule has 0 saturated heterocycles. The lowest BCUT2D eigenvalue weighted by Crippen LogP contribution is -2.24. The molecule has 114 valence electrons. The standard InChI is InChI=1S/C16H22BrN3O/c1-9(2)5-13(18)8-14-19-16(20-21-14)12-6-10(3)15(17)11(4)7-12/h6-7,9,13H,5,8,18H2,1-4H3. The topological polar surface area (TPSA) is 64.9 Å². The highest BCUT2D eigenvalue weighted by molar-refractivity contribution is 9.10. The van der Waals surface area contributed by atoms with Gasteiger partial charge in [-0.3, -0.25) is 0 Å². The summed E-state index contributed by atoms with van der Waals surface area (Å²) in [5.74, 6) is 1.80. The van der Waals surface area contributed by atoms with Crippen LogP contribution in [-0.2, 0) is 6.42 Å². The second-order valence-corrected chi connectivity index (χ2v) is 6.82. The normalized spacial score (nSPS) is 12.9. The van der Waals surface area contributed by atoms with Gasteiger partial charge < -0.3 is 10.3 Å². The van der Waals surface area contributed by atoms with Crippen molar-refractivity contribution in [2.75, 3.05) is 0 Å². The second kappa shape index (κ2) is 6.71. The molecular formula is C16H22BrN3O. The van der Waals surface area contributed by atoms with Crippen LogP contribution in [0.2, 0.25) is 0 Å². The van der Waals surface area contributed by atoms with Gasteiger partial charge in [-0.1, -0.05) is 34.9 Å². The van der Waals surface area contributed by atoms with E-state index in [1.807, 2.05) is 0 Å². The van der Waals surface area contributed by atoms with Gasteiger partial charge in [-0.15, -0.1) is 0 Å². The largest absolute Gasteiger partial charge is 0.339 e. The molecule has 1 aromatic carbocycles. The van der Waals surface area contributed by atoms with E-state index in [0.29, 0.717) is 24.1 Å². The molecule has 4 nitrogen and oxygen atoms in total. The zero-order valence-electron chi connectivity index (χ0n) is 13.0. The van der Waals surface area contributed by atoms with Crippen molar-refractivity contribution in [2.45, 2.75) is 46.6 Å². The number of nitrogens with two attached hydrogens (primary N) is 1. The predicted molar refractivity (Wildman–Crippen MR) is 88.0 cm³/mol. The highest BCUT2D eigenvalue weighted by Crippen LogP contribution is 2.27. The lowest BCUT2D eigenvalue weighted by molar-refractivity contribution is 0.359. The molecule has 1 aromatic heterocycles. The zero-order chi connectivity index (χ0) is 15.6. The Hall–Kier alpha value is -1.20. The molecule has 0 aliphatic rings. The minimum atomic E-state index is 0.0618. The summed E-state index contributed by atoms with van der Waals surface area (Å²) in [5.41, 5.74) is 9.38. The van der Waals surface area contributed by atoms with E-state index in [1.54, 1.807) is 0 Å². The van der Waals surface area contributed by atoms with Gasteiger partial charge in [-0.05, 0) is 49.4 Å². The fourth-order valence-electron chi connectivity index (χ4n) is 2.44. The molecule has 21 heavy (non-hydrogen) atoms. The highest BCUT2D eigenvalue weighted by atomic mass is 79.9. The summed E-state index contributed by atoms with van der Waals surface area (Å²) in [6.45, 7) is 8.43. The molecule has 0 aliphatic carbocycles. The summed E-state index contributed by atoms with van der Waals surface area (Å²) < 4.78 is 6.45. The van der Waals surface area contributed by atoms with Crippen molar-refractivity contribution in [3.05, 3.63) is 33.6 Å². The third-order valence-electron chi connectivity index (χ3n) is 3.37. The minimum Gasteiger partial charge on any atom is -0.339 e. The van der Waals surface area contributed by atoms with Crippen molar-refractivity contribution < 1.29 is 4.52 Å². The van der Waals surface area contributed by atoms with Gasteiger partial charge in [0.05, 0.1) is 0 Å². The first kappa shape index (κ1) is 16.2. The molecule has 0 saturated carbocycles. The van der Waals surface area contributed by atoms with E-state index < -0.39 is 0 Å². The van der Waals surface area contributed by atoms with Crippen molar-refractivity contribution in [2.24, 2.45) is 11.7 Å². The fraction of sp³-hybridized carbons (Fsp3) is 0.500. The van der Waals surface area contributed by atoms with Crippen LogP contribution in [0.1, 0.15) is 37.3 Å². The van der Waals surface area contributed by atoms with Crippen LogP contribution in [0.5, 0.6) is 0 Å². The van der Waals surface area contributed by atoms with Crippen LogP contribution in [0.15, 0.2) is 21.1 Å². The summed E-state index contributed by atoms with van der Waals surface area (Å²) in [7, 11) is 0. The van der Waals surface area contributed by atoms with E-state index in [9.17, 15) is 0 Å². The Bertz CT molecular complexity index is 599. The molecule has 2 N–H and O–H groups in total. The number of benzene rings is 1. The van der Waals surface area contributed by atoms with Gasteiger partial charge in [0, 0.05) is 22.5 Å². The molecule has 1 unspecified atom stereocenters. The summed E-state index contributed by atoms with van der Waals surface area (Å²) in [6, 6.07) is 4.17. The Morgan fingerprint density at radius 2 is 1.86 bits per heavy atom. The molecule has 0 aliphatic heterocycles. The molecule has 0 fully saturated rings. The number of hydrogen-bond donors (Lipinski definition) is 1. The van der Waals surface area contributed by atoms with Gasteiger partial charge in [-0.25, -0.2) is 0 Å². The molecule has 2 aromatic rings. The van der Waals surface area contributed by atoms with Gasteiger partial charge in [0.25, 0.3) is 0 Å². The van der Waals surface area contributed by atoms with Crippen LogP contribution < -0.4 is 5.73 Å². The molecule has 0 amide bonds. The minimum absolute atomic E-state index is 0.0618. The van der Waals surface area contributed by atoms with Gasteiger partial charge in [0.1, 0.15) is 0 Å². The van der Waals surface area contributed by atoms with Crippen LogP contribution in [0.4, 0.5) is 0 Å². The lowest BCUT2D eigenvalue weighted by atomic mass is 10.0. The summed E-state index contributed by atoms with van der Waals surface area (Å²) in [5, 5.41) is 4.07. The Kier molecular flexibility index (Phi) is 5.17. The molecule has 0 radical (unpaired) electrons. The van der Waals surface area contributed by atoms with Gasteiger partial charge >= 0.3 is 0 Å². The fourth-order valence-corrected chi connectivity index (χ4v) is 2.67. The molecule has 1 atom stereocenters. The van der Waals surface area contributed by atoms with E-state index in [-0.39, 0.29) is 6.04 Å². The first-order valence-electron chi connectivity index (χ1n) is 7.22. The van der Waals surface area contributed by atoms with Crippen molar-refractivity contribution in [1.29, 1.82) is 0 Å². The number of nitrogens with zero attached hydrogens (tertiary/aromatic N) is 2. The molecular weight excluding hydrogens is 330 g/mol. The molecule has 1 heterocycles. The second-order valence-electron chi connectivity index (χ2n) is 6.03. The van der Waals surface area contributed by atoms with Crippen LogP contribution in [0.25, 0.3) is 11.4 Å². The Labute approximate surface area is 134 Å². The maximum atomic E-state index is 6.09. The number of rotatable bonds is 5. The van der Waals surface area contributed by atoms with Crippen LogP contribution >= 0.6 is 15.9 Å². The Balaban J connectivity index is 2.16. The summed E-state index contributed by atoms with van der Waals surface area (Å²) in [6.07, 6.45) is 1.58. The first-order valence-corrected chi connectivity index (χ1v) is 8.01. The molecule has 2 rings (SSSR count). The van der Waals surface area contributed by atoms with Gasteiger partial charge in [0.2, 0.25) is 11.7 Å². The highest BCUT2D eigenvalue weighted by Gasteiger charge is 2.14. The maximum Gasteiger partial charge on any atom is 0.228 e. The van der Waals surface area contributed by atoms with E-state index in [2.05, 4.69) is 65.9 Å². The molecule has 0 bridgehead atoms. The summed E-state index contributed by atoms with van der Waals surface area (Å²) >= 11 is 3.57. The van der Waals surface area contributed by atoms with E-state index >= 15 is 0 Å². The SMILES string of the molecule is Cc1cc(-c2noc(CC(N)CC(C)C)n2)cc(C)c1Br. The molecule has 0 spiro atoms. The smallest absolute Gasteiger partial charge is 0.228 e. The summed E-state index contributed by atoms with van der Waals surface area (Å²) in [4.78, 5) is 4.47. The van der Waals surface area contributed by atoms with E-state index in [0.717, 1.165) is 27.6 Å². The molecule has 5 heteroatoms. The zero-order valence-corrected chi connectivity index (χ0v) is 14.6. The Morgan fingerprint density at radius 1 is 1.24 bits per heavy atom. The van der Waals surface area contributed by atoms with Crippen LogP contribution in [-0.4, -0.2) is 16.2 Å². The third-order valence-corrected chi connectivity index (χ3v) is 4.62. The van der Waals surface area contributed by atoms with E-state index in [1.165, 1.54) is 0 Å². The number of hydrogen-bond acceptors (Lipinski definition) is 4. The third kappa shape index (κ3) is 4.14. The average Bonchev–Trinajstić information content (AvgIpc) is 2.82. The number of halogens is 1. The Morgan fingerprint density at radius 3 is 2.43 bits per heavy atom. The van der Waals surface area contributed by atoms with Gasteiger partial charge in [-0.2, -0.15) is 4.98 Å². The number of aryl methyl sites for hydroxylation is 2. The van der Waals surface area contributed by atoms with E-state index in [4.69, 9.17) is 10.3 Å². The monoisotopic (exact) mass is 351 g/mol.